The van der Waals surface area contributed by atoms with Gasteiger partial charge in [0.1, 0.15) is 12.1 Å². The molecule has 6 nitrogen and oxygen atoms in total. The number of aromatic nitrogens is 5. The summed E-state index contributed by atoms with van der Waals surface area (Å²) in [6.07, 6.45) is 1.41. The predicted octanol–water partition coefficient (Wildman–Crippen LogP) is 2.53. The number of benzene rings is 2. The molecule has 0 saturated carbocycles. The molecule has 7 heteroatoms. The van der Waals surface area contributed by atoms with E-state index in [1.807, 2.05) is 31.2 Å². The summed E-state index contributed by atoms with van der Waals surface area (Å²) in [5.41, 5.74) is 2.89. The smallest absolute Gasteiger partial charge is 0.283 e. The molecule has 0 amide bonds. The van der Waals surface area contributed by atoms with Crippen LogP contribution < -0.4 is 5.56 Å². The largest absolute Gasteiger partial charge is 0.293 e. The van der Waals surface area contributed by atoms with Crippen LogP contribution in [0.4, 0.5) is 4.39 Å². The first-order valence-corrected chi connectivity index (χ1v) is 8.19. The summed E-state index contributed by atoms with van der Waals surface area (Å²) in [6.45, 7) is 2.59. The molecule has 0 fully saturated rings. The molecular formula is C19H16FN5O. The lowest BCUT2D eigenvalue weighted by Gasteiger charge is -2.06. The second-order valence-corrected chi connectivity index (χ2v) is 6.17. The fourth-order valence-electron chi connectivity index (χ4n) is 2.78. The second-order valence-electron chi connectivity index (χ2n) is 6.17. The van der Waals surface area contributed by atoms with E-state index in [4.69, 9.17) is 0 Å². The quantitative estimate of drug-likeness (QED) is 0.568. The molecule has 0 bridgehead atoms. The number of nitrogens with zero attached hydrogens (tertiary/aromatic N) is 5. The molecule has 2 aromatic heterocycles. The topological polar surface area (TPSA) is 65.6 Å². The van der Waals surface area contributed by atoms with Crippen LogP contribution in [0.3, 0.4) is 0 Å². The van der Waals surface area contributed by atoms with Crippen LogP contribution in [0.25, 0.3) is 11.2 Å². The average molecular weight is 349 g/mol. The summed E-state index contributed by atoms with van der Waals surface area (Å²) in [4.78, 5) is 17.0. The molecule has 0 unspecified atom stereocenters. The van der Waals surface area contributed by atoms with Gasteiger partial charge >= 0.3 is 0 Å². The van der Waals surface area contributed by atoms with E-state index in [0.29, 0.717) is 17.8 Å². The van der Waals surface area contributed by atoms with Gasteiger partial charge in [0, 0.05) is 5.56 Å². The third kappa shape index (κ3) is 2.99. The molecular weight excluding hydrogens is 333 g/mol. The number of halogens is 1. The third-order valence-electron chi connectivity index (χ3n) is 4.24. The molecule has 0 spiro atoms. The highest BCUT2D eigenvalue weighted by molar-refractivity contribution is 5.67. The van der Waals surface area contributed by atoms with Crippen LogP contribution in [-0.4, -0.2) is 24.5 Å². The minimum atomic E-state index is -0.359. The zero-order valence-corrected chi connectivity index (χ0v) is 14.1. The number of fused-ring (bicyclic) bond motifs is 1. The monoisotopic (exact) mass is 349 g/mol. The number of hydrogen-bond acceptors (Lipinski definition) is 4. The van der Waals surface area contributed by atoms with Gasteiger partial charge in [-0.05, 0) is 18.6 Å². The number of rotatable bonds is 4. The maximum absolute atomic E-state index is 13.8. The zero-order valence-electron chi connectivity index (χ0n) is 14.1. The molecule has 0 aliphatic carbocycles. The van der Waals surface area contributed by atoms with Gasteiger partial charge in [0.15, 0.2) is 11.2 Å². The van der Waals surface area contributed by atoms with E-state index >= 15 is 0 Å². The molecule has 0 aliphatic heterocycles. The highest BCUT2D eigenvalue weighted by atomic mass is 19.1. The summed E-state index contributed by atoms with van der Waals surface area (Å²) in [6, 6.07) is 14.4. The summed E-state index contributed by atoms with van der Waals surface area (Å²) in [5, 5.41) is 8.04. The van der Waals surface area contributed by atoms with E-state index in [0.717, 1.165) is 5.56 Å². The average Bonchev–Trinajstić information content (AvgIpc) is 3.05. The Hall–Kier alpha value is -3.35. The van der Waals surface area contributed by atoms with E-state index in [1.165, 1.54) is 22.5 Å². The maximum Gasteiger partial charge on any atom is 0.283 e. The Labute approximate surface area is 148 Å². The van der Waals surface area contributed by atoms with Gasteiger partial charge in [0.25, 0.3) is 5.56 Å². The predicted molar refractivity (Wildman–Crippen MR) is 95.4 cm³/mol. The van der Waals surface area contributed by atoms with Crippen molar-refractivity contribution in [2.75, 3.05) is 0 Å². The Bertz CT molecular complexity index is 1130. The highest BCUT2D eigenvalue weighted by Crippen LogP contribution is 2.10. The van der Waals surface area contributed by atoms with E-state index in [-0.39, 0.29) is 23.4 Å². The minimum absolute atomic E-state index is 0.0965. The van der Waals surface area contributed by atoms with Gasteiger partial charge in [-0.2, -0.15) is 0 Å². The maximum atomic E-state index is 13.8. The summed E-state index contributed by atoms with van der Waals surface area (Å²) < 4.78 is 16.8. The standard InChI is InChI=1S/C19H16FN5O/c1-13-6-8-14(9-7-13)10-25-18-17(22-23-25)19(26)24(12-21-18)11-15-4-2-3-5-16(15)20/h2-9,12H,10-11H2,1H3. The lowest BCUT2D eigenvalue weighted by atomic mass is 10.1. The van der Waals surface area contributed by atoms with Gasteiger partial charge in [-0.1, -0.05) is 53.2 Å². The molecule has 2 aromatic carbocycles. The van der Waals surface area contributed by atoms with Crippen molar-refractivity contribution in [2.24, 2.45) is 0 Å². The van der Waals surface area contributed by atoms with Gasteiger partial charge < -0.3 is 0 Å². The molecule has 130 valence electrons. The SMILES string of the molecule is Cc1ccc(Cn2nnc3c(=O)n(Cc4ccccc4F)cnc32)cc1. The molecule has 2 heterocycles. The Balaban J connectivity index is 1.68. The Kier molecular flexibility index (Phi) is 4.04. The Morgan fingerprint density at radius 1 is 1.04 bits per heavy atom. The van der Waals surface area contributed by atoms with Gasteiger partial charge in [-0.25, -0.2) is 14.1 Å². The second kappa shape index (κ2) is 6.51. The molecule has 0 saturated heterocycles. The van der Waals surface area contributed by atoms with Crippen molar-refractivity contribution in [3.63, 3.8) is 0 Å². The summed E-state index contributed by atoms with van der Waals surface area (Å²) >= 11 is 0. The van der Waals surface area contributed by atoms with Crippen molar-refractivity contribution in [1.29, 1.82) is 0 Å². The van der Waals surface area contributed by atoms with Crippen molar-refractivity contribution >= 4 is 11.2 Å². The van der Waals surface area contributed by atoms with Gasteiger partial charge in [0.05, 0.1) is 13.1 Å². The summed E-state index contributed by atoms with van der Waals surface area (Å²) in [5.74, 6) is -0.359. The van der Waals surface area contributed by atoms with E-state index in [2.05, 4.69) is 15.3 Å². The van der Waals surface area contributed by atoms with Crippen LogP contribution in [0, 0.1) is 12.7 Å². The number of hydrogen-bond donors (Lipinski definition) is 0. The van der Waals surface area contributed by atoms with E-state index in [1.54, 1.807) is 22.9 Å². The van der Waals surface area contributed by atoms with Crippen LogP contribution in [0.5, 0.6) is 0 Å². The van der Waals surface area contributed by atoms with Crippen molar-refractivity contribution in [3.05, 3.63) is 87.7 Å². The first kappa shape index (κ1) is 16.1. The first-order chi connectivity index (χ1) is 12.6. The molecule has 4 rings (SSSR count). The van der Waals surface area contributed by atoms with Crippen molar-refractivity contribution in [2.45, 2.75) is 20.0 Å². The fourth-order valence-corrected chi connectivity index (χ4v) is 2.78. The first-order valence-electron chi connectivity index (χ1n) is 8.19. The molecule has 26 heavy (non-hydrogen) atoms. The van der Waals surface area contributed by atoms with Gasteiger partial charge in [-0.3, -0.25) is 9.36 Å². The Morgan fingerprint density at radius 3 is 2.58 bits per heavy atom. The molecule has 0 radical (unpaired) electrons. The van der Waals surface area contributed by atoms with Gasteiger partial charge in [-0.15, -0.1) is 5.10 Å². The lowest BCUT2D eigenvalue weighted by Crippen LogP contribution is -2.22. The molecule has 0 atom stereocenters. The summed E-state index contributed by atoms with van der Waals surface area (Å²) in [7, 11) is 0. The van der Waals surface area contributed by atoms with Crippen LogP contribution in [0.1, 0.15) is 16.7 Å². The normalized spacial score (nSPS) is 11.2. The lowest BCUT2D eigenvalue weighted by molar-refractivity contribution is 0.595. The van der Waals surface area contributed by atoms with Crippen molar-refractivity contribution in [1.82, 2.24) is 24.5 Å². The highest BCUT2D eigenvalue weighted by Gasteiger charge is 2.13. The van der Waals surface area contributed by atoms with Crippen LogP contribution in [-0.2, 0) is 13.1 Å². The van der Waals surface area contributed by atoms with Crippen LogP contribution in [0.15, 0.2) is 59.7 Å². The molecule has 0 aliphatic rings. The Morgan fingerprint density at radius 2 is 1.81 bits per heavy atom. The third-order valence-corrected chi connectivity index (χ3v) is 4.24. The minimum Gasteiger partial charge on any atom is -0.293 e. The molecule has 0 N–H and O–H groups in total. The van der Waals surface area contributed by atoms with E-state index in [9.17, 15) is 9.18 Å². The van der Waals surface area contributed by atoms with Crippen LogP contribution in [0.2, 0.25) is 0 Å². The van der Waals surface area contributed by atoms with Crippen LogP contribution >= 0.6 is 0 Å². The van der Waals surface area contributed by atoms with Crippen molar-refractivity contribution in [3.8, 4) is 0 Å². The zero-order chi connectivity index (χ0) is 18.1. The number of aryl methyl sites for hydroxylation is 1. The fraction of sp³-hybridized carbons (Fsp3) is 0.158. The van der Waals surface area contributed by atoms with E-state index < -0.39 is 0 Å². The van der Waals surface area contributed by atoms with Crippen molar-refractivity contribution < 1.29 is 4.39 Å². The van der Waals surface area contributed by atoms with Gasteiger partial charge in [0.2, 0.25) is 0 Å². The molecule has 4 aromatic rings.